The summed E-state index contributed by atoms with van der Waals surface area (Å²) >= 11 is 5.84. The van der Waals surface area contributed by atoms with Gasteiger partial charge in [0, 0.05) is 35.8 Å². The maximum Gasteiger partial charge on any atom is 0.275 e. The first-order valence-corrected chi connectivity index (χ1v) is 7.27. The molecule has 0 spiro atoms. The van der Waals surface area contributed by atoms with Crippen LogP contribution in [0.3, 0.4) is 0 Å². The molecule has 21 heavy (non-hydrogen) atoms. The molecule has 0 bridgehead atoms. The molecule has 1 fully saturated rings. The molecule has 5 nitrogen and oxygen atoms in total. The van der Waals surface area contributed by atoms with E-state index in [2.05, 4.69) is 11.8 Å². The van der Waals surface area contributed by atoms with Crippen molar-refractivity contribution in [1.82, 2.24) is 4.90 Å². The Morgan fingerprint density at radius 2 is 2.24 bits per heavy atom. The van der Waals surface area contributed by atoms with E-state index in [0.29, 0.717) is 35.6 Å². The summed E-state index contributed by atoms with van der Waals surface area (Å²) in [4.78, 5) is 13.0. The highest BCUT2D eigenvalue weighted by Gasteiger charge is 2.28. The van der Waals surface area contributed by atoms with Crippen molar-refractivity contribution in [2.45, 2.75) is 32.4 Å². The van der Waals surface area contributed by atoms with Crippen LogP contribution in [0.25, 0.3) is 0 Å². The van der Waals surface area contributed by atoms with Crippen LogP contribution in [0.4, 0.5) is 5.69 Å². The van der Waals surface area contributed by atoms with Crippen LogP contribution in [0.5, 0.6) is 0 Å². The number of hydrogen-bond donors (Lipinski definition) is 1. The lowest BCUT2D eigenvalue weighted by atomic mass is 9.90. The second kappa shape index (κ2) is 7.94. The predicted molar refractivity (Wildman–Crippen MR) is 87.0 cm³/mol. The van der Waals surface area contributed by atoms with E-state index >= 15 is 0 Å². The van der Waals surface area contributed by atoms with Gasteiger partial charge in [-0.3, -0.25) is 15.0 Å². The maximum absolute atomic E-state index is 11.1. The summed E-state index contributed by atoms with van der Waals surface area (Å²) in [6, 6.07) is 5.16. The first kappa shape index (κ1) is 18.2. The van der Waals surface area contributed by atoms with Crippen molar-refractivity contribution < 1.29 is 4.92 Å². The number of nitro groups is 1. The minimum Gasteiger partial charge on any atom is -0.329 e. The second-order valence-electron chi connectivity index (χ2n) is 5.42. The fraction of sp³-hybridized carbons (Fsp3) is 0.571. The Labute approximate surface area is 136 Å². The summed E-state index contributed by atoms with van der Waals surface area (Å²) in [6.07, 6.45) is 2.28. The van der Waals surface area contributed by atoms with Crippen LogP contribution in [0, 0.1) is 16.0 Å². The predicted octanol–water partition coefficient (Wildman–Crippen LogP) is 3.23. The van der Waals surface area contributed by atoms with Crippen molar-refractivity contribution >= 4 is 29.7 Å². The second-order valence-corrected chi connectivity index (χ2v) is 5.86. The Kier molecular flexibility index (Phi) is 6.87. The molecular formula is C14H21Cl2N3O2. The molecule has 1 aromatic carbocycles. The van der Waals surface area contributed by atoms with Gasteiger partial charge in [-0.2, -0.15) is 0 Å². The van der Waals surface area contributed by atoms with Crippen LogP contribution < -0.4 is 5.73 Å². The molecule has 1 aliphatic rings. The van der Waals surface area contributed by atoms with E-state index in [0.717, 1.165) is 13.0 Å². The van der Waals surface area contributed by atoms with Crippen LogP contribution in [-0.4, -0.2) is 29.0 Å². The highest BCUT2D eigenvalue weighted by Crippen LogP contribution is 2.28. The zero-order chi connectivity index (χ0) is 14.7. The molecule has 1 aliphatic heterocycles. The van der Waals surface area contributed by atoms with Crippen molar-refractivity contribution in [3.05, 3.63) is 38.9 Å². The van der Waals surface area contributed by atoms with Crippen molar-refractivity contribution in [3.8, 4) is 0 Å². The zero-order valence-corrected chi connectivity index (χ0v) is 13.6. The highest BCUT2D eigenvalue weighted by atomic mass is 35.5. The Bertz CT molecular complexity index is 499. The molecule has 2 atom stereocenters. The quantitative estimate of drug-likeness (QED) is 0.678. The smallest absolute Gasteiger partial charge is 0.275 e. The van der Waals surface area contributed by atoms with Gasteiger partial charge in [-0.1, -0.05) is 18.5 Å². The number of hydrogen-bond acceptors (Lipinski definition) is 4. The Balaban J connectivity index is 0.00000220. The van der Waals surface area contributed by atoms with Crippen LogP contribution >= 0.6 is 24.0 Å². The van der Waals surface area contributed by atoms with E-state index in [1.54, 1.807) is 12.1 Å². The Morgan fingerprint density at radius 1 is 1.52 bits per heavy atom. The number of nitro benzene ring substituents is 1. The molecule has 1 heterocycles. The lowest BCUT2D eigenvalue weighted by Crippen LogP contribution is -2.48. The molecule has 118 valence electrons. The minimum absolute atomic E-state index is 0. The normalized spacial score (nSPS) is 22.6. The molecular weight excluding hydrogens is 313 g/mol. The van der Waals surface area contributed by atoms with Crippen LogP contribution in [0.1, 0.15) is 25.3 Å². The van der Waals surface area contributed by atoms with Crippen molar-refractivity contribution in [1.29, 1.82) is 0 Å². The molecule has 2 rings (SSSR count). The zero-order valence-electron chi connectivity index (χ0n) is 12.0. The van der Waals surface area contributed by atoms with Gasteiger partial charge in [0.1, 0.15) is 0 Å². The van der Waals surface area contributed by atoms with Gasteiger partial charge in [0.25, 0.3) is 5.69 Å². The Morgan fingerprint density at radius 3 is 2.86 bits per heavy atom. The summed E-state index contributed by atoms with van der Waals surface area (Å²) in [5.74, 6) is 0.528. The third kappa shape index (κ3) is 4.30. The highest BCUT2D eigenvalue weighted by molar-refractivity contribution is 6.30. The molecule has 1 saturated heterocycles. The average Bonchev–Trinajstić information content (AvgIpc) is 2.41. The topological polar surface area (TPSA) is 72.4 Å². The molecule has 0 saturated carbocycles. The number of piperidine rings is 1. The summed E-state index contributed by atoms with van der Waals surface area (Å²) in [6.45, 7) is 4.27. The van der Waals surface area contributed by atoms with E-state index in [9.17, 15) is 10.1 Å². The number of nitrogens with two attached hydrogens (primary N) is 1. The van der Waals surface area contributed by atoms with E-state index in [1.165, 1.54) is 12.5 Å². The van der Waals surface area contributed by atoms with Gasteiger partial charge in [-0.05, 0) is 37.4 Å². The first-order chi connectivity index (χ1) is 9.52. The number of halogens is 2. The molecule has 0 radical (unpaired) electrons. The van der Waals surface area contributed by atoms with Gasteiger partial charge < -0.3 is 5.73 Å². The third-order valence-electron chi connectivity index (χ3n) is 4.09. The molecule has 1 aromatic rings. The van der Waals surface area contributed by atoms with Gasteiger partial charge in [-0.25, -0.2) is 0 Å². The standard InChI is InChI=1S/C14H20ClN3O2.ClH/c1-10-3-2-6-17(14(10)8-16)9-11-4-5-12(15)7-13(11)18(19)20;/h4-5,7,10,14H,2-3,6,8-9,16H2,1H3;1H. The summed E-state index contributed by atoms with van der Waals surface area (Å²) < 4.78 is 0. The lowest BCUT2D eigenvalue weighted by molar-refractivity contribution is -0.385. The van der Waals surface area contributed by atoms with E-state index in [-0.39, 0.29) is 23.0 Å². The molecule has 0 aromatic heterocycles. The largest absolute Gasteiger partial charge is 0.329 e. The molecule has 0 aliphatic carbocycles. The third-order valence-corrected chi connectivity index (χ3v) is 4.32. The first-order valence-electron chi connectivity index (χ1n) is 6.90. The monoisotopic (exact) mass is 333 g/mol. The molecule has 0 amide bonds. The fourth-order valence-electron chi connectivity index (χ4n) is 2.97. The van der Waals surface area contributed by atoms with Gasteiger partial charge in [0.05, 0.1) is 4.92 Å². The SMILES string of the molecule is CC1CCCN(Cc2ccc(Cl)cc2[N+](=O)[O-])C1CN.Cl. The Hall–Kier alpha value is -0.880. The van der Waals surface area contributed by atoms with Crippen molar-refractivity contribution in [3.63, 3.8) is 0 Å². The average molecular weight is 334 g/mol. The number of benzene rings is 1. The fourth-order valence-corrected chi connectivity index (χ4v) is 3.14. The summed E-state index contributed by atoms with van der Waals surface area (Å²) in [5.41, 5.74) is 6.65. The number of likely N-dealkylation sites (tertiary alicyclic amines) is 1. The van der Waals surface area contributed by atoms with Crippen LogP contribution in [0.2, 0.25) is 5.02 Å². The minimum atomic E-state index is -0.369. The maximum atomic E-state index is 11.1. The van der Waals surface area contributed by atoms with Crippen molar-refractivity contribution in [2.75, 3.05) is 13.1 Å². The summed E-state index contributed by atoms with van der Waals surface area (Å²) in [7, 11) is 0. The van der Waals surface area contributed by atoms with Gasteiger partial charge in [-0.15, -0.1) is 12.4 Å². The van der Waals surface area contributed by atoms with E-state index < -0.39 is 0 Å². The number of nitrogens with zero attached hydrogens (tertiary/aromatic N) is 2. The van der Waals surface area contributed by atoms with E-state index in [1.807, 2.05) is 0 Å². The molecule has 7 heteroatoms. The molecule has 2 unspecified atom stereocenters. The number of rotatable bonds is 4. The van der Waals surface area contributed by atoms with Gasteiger partial charge in [0.15, 0.2) is 0 Å². The van der Waals surface area contributed by atoms with Gasteiger partial charge >= 0.3 is 0 Å². The van der Waals surface area contributed by atoms with Gasteiger partial charge in [0.2, 0.25) is 0 Å². The lowest BCUT2D eigenvalue weighted by Gasteiger charge is -2.39. The van der Waals surface area contributed by atoms with E-state index in [4.69, 9.17) is 17.3 Å². The van der Waals surface area contributed by atoms with Crippen molar-refractivity contribution in [2.24, 2.45) is 11.7 Å². The molecule has 2 N–H and O–H groups in total. The van der Waals surface area contributed by atoms with Crippen LogP contribution in [-0.2, 0) is 6.54 Å². The van der Waals surface area contributed by atoms with Crippen LogP contribution in [0.15, 0.2) is 18.2 Å². The summed E-state index contributed by atoms with van der Waals surface area (Å²) in [5, 5.41) is 11.5.